The van der Waals surface area contributed by atoms with Gasteiger partial charge < -0.3 is 4.42 Å². The Balaban J connectivity index is 1.35. The number of nitrogens with zero attached hydrogens (tertiary/aromatic N) is 5. The predicted molar refractivity (Wildman–Crippen MR) is 232 cm³/mol. The Morgan fingerprint density at radius 3 is 1.70 bits per heavy atom. The van der Waals surface area contributed by atoms with Crippen LogP contribution in [0.5, 0.6) is 0 Å². The van der Waals surface area contributed by atoms with E-state index in [0.29, 0.717) is 16.4 Å². The van der Waals surface area contributed by atoms with Crippen molar-refractivity contribution >= 4 is 65.6 Å². The number of aromatic nitrogens is 5. The van der Waals surface area contributed by atoms with Gasteiger partial charge in [-0.05, 0) is 58.6 Å². The summed E-state index contributed by atoms with van der Waals surface area (Å²) in [5.74, 6) is -1.56. The van der Waals surface area contributed by atoms with Crippen LogP contribution in [0, 0.1) is 0 Å². The largest absolute Gasteiger partial charge is 0.455 e. The van der Waals surface area contributed by atoms with Gasteiger partial charge in [0.1, 0.15) is 11.2 Å². The SMILES string of the molecule is [2H]c1c([2H])c([2H])c(-c2cc3c(c([2H])c2[2H])c2c([2H])c([2H])c(-c4c([2H])c([2H])c([2H])c([2H])c4[2H])c([2H])c2n3-c2nc(-c3cccc4c3oc3ccccc34)nc(-n3c4c([2H])c([2H])c([2H])c([2H])c4c4c([2H])c([2H])c([2H])c([2H])c43)n2)c([2H])c1[2H]. The molecule has 0 aliphatic carbocycles. The Labute approximate surface area is 358 Å². The molecule has 0 fully saturated rings. The maximum atomic E-state index is 10.0. The van der Waals surface area contributed by atoms with E-state index in [1.54, 1.807) is 42.5 Å². The zero-order valence-electron chi connectivity index (χ0n) is 51.8. The molecule has 266 valence electrons. The Morgan fingerprint density at radius 1 is 0.421 bits per heavy atom. The Kier molecular flexibility index (Phi) is 3.57. The van der Waals surface area contributed by atoms with Crippen LogP contribution in [0.3, 0.4) is 0 Å². The van der Waals surface area contributed by atoms with Gasteiger partial charge in [-0.25, -0.2) is 0 Å². The summed E-state index contributed by atoms with van der Waals surface area (Å²) < 4.78 is 215. The minimum absolute atomic E-state index is 0.115. The van der Waals surface area contributed by atoms with Gasteiger partial charge in [-0.15, -0.1) is 0 Å². The standard InChI is InChI=1S/C51H31N5O/c1-3-14-32(15-4-1)34-26-28-38-39-29-27-35(33-16-5-2-6-17-33)31-46(39)56(45(38)30-34)51-53-49(42-22-13-21-41-40-20-9-12-25-47(40)57-48(41)42)52-50(54-51)55-43-23-10-7-18-36(43)37-19-8-11-24-44(37)55/h1-31H/i1D,2D,3D,4D,5D,6D,7D,8D,10D,11D,14D,15D,16D,17D,18D,19D,23D,24D,26D,27D,28D,29D,30D. The summed E-state index contributed by atoms with van der Waals surface area (Å²) in [4.78, 5) is 14.7. The van der Waals surface area contributed by atoms with Gasteiger partial charge in [-0.2, -0.15) is 15.0 Å². The summed E-state index contributed by atoms with van der Waals surface area (Å²) in [5.41, 5.74) is -3.34. The van der Waals surface area contributed by atoms with Crippen LogP contribution in [0.2, 0.25) is 0 Å². The van der Waals surface area contributed by atoms with E-state index in [2.05, 4.69) is 0 Å². The van der Waals surface area contributed by atoms with Crippen molar-refractivity contribution in [1.82, 2.24) is 24.1 Å². The minimum Gasteiger partial charge on any atom is -0.455 e. The molecule has 6 nitrogen and oxygen atoms in total. The second-order valence-electron chi connectivity index (χ2n) is 12.7. The maximum Gasteiger partial charge on any atom is 0.240 e. The summed E-state index contributed by atoms with van der Waals surface area (Å²) in [5, 5.41) is -0.327. The van der Waals surface area contributed by atoms with Gasteiger partial charge >= 0.3 is 0 Å². The number of hydrogen-bond acceptors (Lipinski definition) is 4. The fraction of sp³-hybridized carbons (Fsp3) is 0. The van der Waals surface area contributed by atoms with Crippen molar-refractivity contribution in [3.8, 4) is 45.5 Å². The third-order valence-electron chi connectivity index (χ3n) is 9.58. The molecule has 0 N–H and O–H groups in total. The molecule has 0 unspecified atom stereocenters. The fourth-order valence-electron chi connectivity index (χ4n) is 7.12. The van der Waals surface area contributed by atoms with Gasteiger partial charge in [0.15, 0.2) is 5.82 Å². The Bertz CT molecular complexity index is 4760. The lowest BCUT2D eigenvalue weighted by Crippen LogP contribution is -2.10. The summed E-state index contributed by atoms with van der Waals surface area (Å²) in [6, 6.07) is -5.05. The number of fused-ring (bicyclic) bond motifs is 9. The molecule has 0 aliphatic rings. The lowest BCUT2D eigenvalue weighted by molar-refractivity contribution is 0.669. The Morgan fingerprint density at radius 2 is 0.982 bits per heavy atom. The van der Waals surface area contributed by atoms with Crippen molar-refractivity contribution in [3.63, 3.8) is 0 Å². The average Bonchev–Trinajstić information content (AvgIpc) is 2.36. The highest BCUT2D eigenvalue weighted by Crippen LogP contribution is 2.39. The van der Waals surface area contributed by atoms with E-state index in [4.69, 9.17) is 41.3 Å². The second kappa shape index (κ2) is 12.3. The van der Waals surface area contributed by atoms with Gasteiger partial charge in [-0.1, -0.05) is 151 Å². The van der Waals surface area contributed by atoms with E-state index in [-0.39, 0.29) is 38.6 Å². The molecule has 0 bridgehead atoms. The topological polar surface area (TPSA) is 61.7 Å². The second-order valence-corrected chi connectivity index (χ2v) is 12.7. The van der Waals surface area contributed by atoms with Gasteiger partial charge in [0.2, 0.25) is 11.9 Å². The van der Waals surface area contributed by atoms with Crippen LogP contribution in [0.1, 0.15) is 31.5 Å². The van der Waals surface area contributed by atoms with Crippen LogP contribution in [0.4, 0.5) is 0 Å². The van der Waals surface area contributed by atoms with Crippen molar-refractivity contribution in [2.45, 2.75) is 0 Å². The fourth-order valence-corrected chi connectivity index (χ4v) is 7.12. The van der Waals surface area contributed by atoms with Crippen molar-refractivity contribution in [1.29, 1.82) is 0 Å². The average molecular weight is 753 g/mol. The van der Waals surface area contributed by atoms with Gasteiger partial charge in [-0.3, -0.25) is 9.13 Å². The predicted octanol–water partition coefficient (Wildman–Crippen LogP) is 13.0. The van der Waals surface area contributed by atoms with E-state index in [1.165, 1.54) is 0 Å². The first-order valence-electron chi connectivity index (χ1n) is 28.7. The monoisotopic (exact) mass is 752 g/mol. The maximum absolute atomic E-state index is 10.0. The highest BCUT2D eigenvalue weighted by molar-refractivity contribution is 6.12. The minimum atomic E-state index is -0.860. The summed E-state index contributed by atoms with van der Waals surface area (Å²) in [6.07, 6.45) is 0. The molecule has 0 spiro atoms. The molecule has 0 aliphatic heterocycles. The molecular weight excluding hydrogens is 699 g/mol. The summed E-state index contributed by atoms with van der Waals surface area (Å²) in [6.45, 7) is 0. The van der Waals surface area contributed by atoms with Crippen molar-refractivity contribution in [2.75, 3.05) is 0 Å². The molecule has 0 radical (unpaired) electrons. The molecule has 6 heteroatoms. The summed E-state index contributed by atoms with van der Waals surface area (Å²) >= 11 is 0. The molecule has 0 atom stereocenters. The molecular formula is C51H31N5O. The number of para-hydroxylation sites is 4. The first-order valence-corrected chi connectivity index (χ1v) is 17.2. The molecule has 0 saturated carbocycles. The number of furan rings is 1. The van der Waals surface area contributed by atoms with Crippen molar-refractivity contribution in [2.24, 2.45) is 0 Å². The van der Waals surface area contributed by atoms with E-state index in [9.17, 15) is 9.60 Å². The van der Waals surface area contributed by atoms with Crippen LogP contribution in [-0.2, 0) is 0 Å². The molecule has 4 aromatic heterocycles. The quantitative estimate of drug-likeness (QED) is 0.176. The van der Waals surface area contributed by atoms with Crippen LogP contribution < -0.4 is 0 Å². The van der Waals surface area contributed by atoms with Crippen molar-refractivity contribution < 1.29 is 35.9 Å². The van der Waals surface area contributed by atoms with Crippen LogP contribution >= 0.6 is 0 Å². The highest BCUT2D eigenvalue weighted by Gasteiger charge is 2.23. The molecule has 0 amide bonds. The van der Waals surface area contributed by atoms with E-state index < -0.39 is 195 Å². The van der Waals surface area contributed by atoms with Crippen LogP contribution in [0.15, 0.2) is 192 Å². The summed E-state index contributed by atoms with van der Waals surface area (Å²) in [7, 11) is 0. The lowest BCUT2D eigenvalue weighted by Gasteiger charge is -2.13. The number of hydrogen-bond donors (Lipinski definition) is 0. The molecule has 57 heavy (non-hydrogen) atoms. The molecule has 12 aromatic rings. The lowest BCUT2D eigenvalue weighted by atomic mass is 10.0. The van der Waals surface area contributed by atoms with Gasteiger partial charge in [0.25, 0.3) is 0 Å². The van der Waals surface area contributed by atoms with E-state index >= 15 is 0 Å². The molecule has 8 aromatic carbocycles. The van der Waals surface area contributed by atoms with Gasteiger partial charge in [0.05, 0.1) is 59.2 Å². The van der Waals surface area contributed by atoms with E-state index in [0.717, 1.165) is 15.2 Å². The first kappa shape index (κ1) is 16.5. The third-order valence-corrected chi connectivity index (χ3v) is 9.58. The van der Waals surface area contributed by atoms with Gasteiger partial charge in [0, 0.05) is 32.3 Å². The molecule has 4 heterocycles. The normalized spacial score (nSPS) is 17.5. The molecule has 12 rings (SSSR count). The zero-order valence-corrected chi connectivity index (χ0v) is 28.8. The zero-order chi connectivity index (χ0) is 57.5. The molecule has 0 saturated heterocycles. The highest BCUT2D eigenvalue weighted by atomic mass is 16.3. The number of benzene rings is 8. The first-order chi connectivity index (χ1) is 37.8. The third kappa shape index (κ3) is 4.87. The van der Waals surface area contributed by atoms with Crippen LogP contribution in [0.25, 0.3) is 111 Å². The van der Waals surface area contributed by atoms with E-state index in [1.807, 2.05) is 0 Å². The van der Waals surface area contributed by atoms with Crippen LogP contribution in [-0.4, -0.2) is 24.1 Å². The number of rotatable bonds is 5. The smallest absolute Gasteiger partial charge is 0.240 e. The Hall–Kier alpha value is -7.83. The van der Waals surface area contributed by atoms with Crippen molar-refractivity contribution in [3.05, 3.63) is 188 Å².